The molecular formula is C17H31IN4O2S2. The van der Waals surface area contributed by atoms with E-state index in [4.69, 9.17) is 0 Å². The fraction of sp³-hybridized carbons (Fsp3) is 0.588. The molecule has 0 aliphatic rings. The summed E-state index contributed by atoms with van der Waals surface area (Å²) in [6, 6.07) is 10.3. The molecule has 150 valence electrons. The first-order valence-electron chi connectivity index (χ1n) is 8.48. The molecule has 0 fully saturated rings. The Kier molecular flexibility index (Phi) is 13.3. The van der Waals surface area contributed by atoms with Gasteiger partial charge in [-0.15, -0.1) is 35.7 Å². The lowest BCUT2D eigenvalue weighted by molar-refractivity contribution is 0.424. The summed E-state index contributed by atoms with van der Waals surface area (Å²) in [5, 5.41) is 6.94. The minimum Gasteiger partial charge on any atom is -0.356 e. The van der Waals surface area contributed by atoms with Gasteiger partial charge < -0.3 is 10.6 Å². The lowest BCUT2D eigenvalue weighted by Crippen LogP contribution is -2.41. The number of halogens is 1. The minimum atomic E-state index is -3.12. The number of nitrogens with zero attached hydrogens (tertiary/aromatic N) is 2. The molecule has 0 bridgehead atoms. The van der Waals surface area contributed by atoms with Gasteiger partial charge in [-0.2, -0.15) is 0 Å². The molecule has 0 saturated carbocycles. The lowest BCUT2D eigenvalue weighted by atomic mass is 10.4. The predicted molar refractivity (Wildman–Crippen MR) is 123 cm³/mol. The number of guanidine groups is 1. The van der Waals surface area contributed by atoms with Crippen LogP contribution in [0.3, 0.4) is 0 Å². The summed E-state index contributed by atoms with van der Waals surface area (Å²) in [5.74, 6) is 0.739. The van der Waals surface area contributed by atoms with E-state index in [0.717, 1.165) is 18.9 Å². The number of thioether (sulfide) groups is 1. The Morgan fingerprint density at radius 1 is 1.27 bits per heavy atom. The van der Waals surface area contributed by atoms with Crippen LogP contribution in [-0.2, 0) is 10.0 Å². The number of hydrogen-bond donors (Lipinski definition) is 2. The SMILES string of the molecule is CCN(CCCNC(=NC)NCC(C)Sc1ccccc1)S(C)(=O)=O.I. The molecular weight excluding hydrogens is 483 g/mol. The maximum Gasteiger partial charge on any atom is 0.211 e. The molecule has 0 radical (unpaired) electrons. The van der Waals surface area contributed by atoms with Crippen LogP contribution in [0.15, 0.2) is 40.2 Å². The summed E-state index contributed by atoms with van der Waals surface area (Å²) < 4.78 is 24.6. The molecule has 1 atom stereocenters. The summed E-state index contributed by atoms with van der Waals surface area (Å²) in [5.41, 5.74) is 0. The zero-order valence-electron chi connectivity index (χ0n) is 15.9. The summed E-state index contributed by atoms with van der Waals surface area (Å²) in [7, 11) is -1.38. The van der Waals surface area contributed by atoms with Crippen LogP contribution in [0.25, 0.3) is 0 Å². The van der Waals surface area contributed by atoms with Crippen molar-refractivity contribution in [2.24, 2.45) is 4.99 Å². The molecule has 26 heavy (non-hydrogen) atoms. The van der Waals surface area contributed by atoms with Gasteiger partial charge in [0.2, 0.25) is 10.0 Å². The topological polar surface area (TPSA) is 73.8 Å². The Bertz CT molecular complexity index is 627. The molecule has 6 nitrogen and oxygen atoms in total. The Labute approximate surface area is 179 Å². The van der Waals surface area contributed by atoms with Gasteiger partial charge in [0.15, 0.2) is 5.96 Å². The molecule has 0 saturated heterocycles. The molecule has 1 unspecified atom stereocenters. The highest BCUT2D eigenvalue weighted by molar-refractivity contribution is 14.0. The van der Waals surface area contributed by atoms with E-state index in [0.29, 0.717) is 24.9 Å². The summed E-state index contributed by atoms with van der Waals surface area (Å²) in [4.78, 5) is 5.46. The van der Waals surface area contributed by atoms with Crippen LogP contribution in [0, 0.1) is 0 Å². The minimum absolute atomic E-state index is 0. The quantitative estimate of drug-likeness (QED) is 0.165. The normalized spacial score (nSPS) is 13.2. The van der Waals surface area contributed by atoms with Gasteiger partial charge >= 0.3 is 0 Å². The van der Waals surface area contributed by atoms with E-state index in [2.05, 4.69) is 34.7 Å². The summed E-state index contributed by atoms with van der Waals surface area (Å²) >= 11 is 1.82. The van der Waals surface area contributed by atoms with Crippen molar-refractivity contribution >= 4 is 51.7 Å². The maximum absolute atomic E-state index is 11.5. The van der Waals surface area contributed by atoms with Crippen molar-refractivity contribution < 1.29 is 8.42 Å². The van der Waals surface area contributed by atoms with Crippen molar-refractivity contribution in [2.45, 2.75) is 30.4 Å². The summed E-state index contributed by atoms with van der Waals surface area (Å²) in [6.07, 6.45) is 1.98. The van der Waals surface area contributed by atoms with E-state index in [1.807, 2.05) is 36.9 Å². The predicted octanol–water partition coefficient (Wildman–Crippen LogP) is 2.62. The molecule has 0 aliphatic carbocycles. The standard InChI is InChI=1S/C17H30N4O2S2.HI/c1-5-21(25(4,22)23)13-9-12-19-17(18-3)20-14-15(2)24-16-10-7-6-8-11-16;/h6-8,10-11,15H,5,9,12-14H2,1-4H3,(H2,18,19,20);1H. The summed E-state index contributed by atoms with van der Waals surface area (Å²) in [6.45, 7) is 6.50. The highest BCUT2D eigenvalue weighted by Crippen LogP contribution is 2.21. The van der Waals surface area contributed by atoms with E-state index in [9.17, 15) is 8.42 Å². The largest absolute Gasteiger partial charge is 0.356 e. The highest BCUT2D eigenvalue weighted by Gasteiger charge is 2.13. The van der Waals surface area contributed by atoms with E-state index in [1.165, 1.54) is 15.5 Å². The zero-order chi connectivity index (χ0) is 18.7. The molecule has 9 heteroatoms. The smallest absolute Gasteiger partial charge is 0.211 e. The number of hydrogen-bond acceptors (Lipinski definition) is 4. The van der Waals surface area contributed by atoms with Crippen LogP contribution in [0.5, 0.6) is 0 Å². The van der Waals surface area contributed by atoms with Crippen LogP contribution >= 0.6 is 35.7 Å². The van der Waals surface area contributed by atoms with Crippen LogP contribution in [0.4, 0.5) is 0 Å². The third-order valence-electron chi connectivity index (χ3n) is 3.56. The first-order valence-corrected chi connectivity index (χ1v) is 11.2. The number of sulfonamides is 1. The van der Waals surface area contributed by atoms with E-state index < -0.39 is 10.0 Å². The van der Waals surface area contributed by atoms with E-state index in [1.54, 1.807) is 7.05 Å². The Hall–Kier alpha value is -0.520. The van der Waals surface area contributed by atoms with E-state index >= 15 is 0 Å². The molecule has 1 aromatic rings. The number of aliphatic imine (C=N–C) groups is 1. The van der Waals surface area contributed by atoms with Crippen LogP contribution in [0.1, 0.15) is 20.3 Å². The zero-order valence-corrected chi connectivity index (χ0v) is 19.9. The van der Waals surface area contributed by atoms with Gasteiger partial charge in [-0.05, 0) is 18.6 Å². The fourth-order valence-corrected chi connectivity index (χ4v) is 4.13. The Morgan fingerprint density at radius 3 is 2.46 bits per heavy atom. The molecule has 1 aromatic carbocycles. The van der Waals surface area contributed by atoms with Crippen molar-refractivity contribution in [3.8, 4) is 0 Å². The van der Waals surface area contributed by atoms with Crippen LogP contribution in [0.2, 0.25) is 0 Å². The Morgan fingerprint density at radius 2 is 1.92 bits per heavy atom. The molecule has 0 heterocycles. The molecule has 0 aromatic heterocycles. The van der Waals surface area contributed by atoms with Gasteiger partial charge in [0.25, 0.3) is 0 Å². The first kappa shape index (κ1) is 25.5. The maximum atomic E-state index is 11.5. The lowest BCUT2D eigenvalue weighted by Gasteiger charge is -2.19. The third kappa shape index (κ3) is 10.6. The van der Waals surface area contributed by atoms with Gasteiger partial charge in [0, 0.05) is 43.4 Å². The molecule has 0 amide bonds. The van der Waals surface area contributed by atoms with Gasteiger partial charge in [-0.3, -0.25) is 4.99 Å². The van der Waals surface area contributed by atoms with Crippen LogP contribution in [-0.4, -0.2) is 63.4 Å². The van der Waals surface area contributed by atoms with Crippen molar-refractivity contribution in [2.75, 3.05) is 39.5 Å². The molecule has 0 aliphatic heterocycles. The van der Waals surface area contributed by atoms with E-state index in [-0.39, 0.29) is 24.0 Å². The van der Waals surface area contributed by atoms with Crippen molar-refractivity contribution in [3.63, 3.8) is 0 Å². The van der Waals surface area contributed by atoms with Crippen molar-refractivity contribution in [1.82, 2.24) is 14.9 Å². The number of nitrogens with one attached hydrogen (secondary N) is 2. The van der Waals surface area contributed by atoms with Crippen LogP contribution < -0.4 is 10.6 Å². The second-order valence-electron chi connectivity index (χ2n) is 5.73. The molecule has 1 rings (SSSR count). The highest BCUT2D eigenvalue weighted by atomic mass is 127. The molecule has 2 N–H and O–H groups in total. The molecule has 0 spiro atoms. The second kappa shape index (κ2) is 13.6. The van der Waals surface area contributed by atoms with Crippen molar-refractivity contribution in [3.05, 3.63) is 30.3 Å². The number of rotatable bonds is 10. The second-order valence-corrected chi connectivity index (χ2v) is 9.22. The van der Waals surface area contributed by atoms with Gasteiger partial charge in [-0.1, -0.05) is 32.0 Å². The van der Waals surface area contributed by atoms with Gasteiger partial charge in [-0.25, -0.2) is 12.7 Å². The number of benzene rings is 1. The average Bonchev–Trinajstić information content (AvgIpc) is 2.57. The Balaban J connectivity index is 0.00000625. The fourth-order valence-electron chi connectivity index (χ4n) is 2.25. The van der Waals surface area contributed by atoms with Gasteiger partial charge in [0.1, 0.15) is 0 Å². The monoisotopic (exact) mass is 514 g/mol. The van der Waals surface area contributed by atoms with Gasteiger partial charge in [0.05, 0.1) is 6.26 Å². The third-order valence-corrected chi connectivity index (χ3v) is 6.05. The average molecular weight is 514 g/mol. The van der Waals surface area contributed by atoms with Crippen molar-refractivity contribution in [1.29, 1.82) is 0 Å². The first-order chi connectivity index (χ1) is 11.9.